The van der Waals surface area contributed by atoms with Gasteiger partial charge in [-0.15, -0.1) is 0 Å². The van der Waals surface area contributed by atoms with Crippen molar-refractivity contribution < 1.29 is 37.1 Å². The van der Waals surface area contributed by atoms with Crippen LogP contribution in [0.25, 0.3) is 5.65 Å². The molecule has 0 aliphatic rings. The molecule has 0 saturated carbocycles. The van der Waals surface area contributed by atoms with Crippen molar-refractivity contribution in [2.24, 2.45) is 0 Å². The maximum Gasteiger partial charge on any atom is 0.389 e. The van der Waals surface area contributed by atoms with E-state index in [0.717, 1.165) is 4.90 Å². The first-order valence-corrected chi connectivity index (χ1v) is 9.98. The minimum atomic E-state index is -4.38. The smallest absolute Gasteiger partial charge is 0.352 e. The molecule has 3 aromatic rings. The van der Waals surface area contributed by atoms with Crippen molar-refractivity contribution >= 4 is 17.5 Å². The summed E-state index contributed by atoms with van der Waals surface area (Å²) in [5.41, 5.74) is 2.10. The van der Waals surface area contributed by atoms with Gasteiger partial charge in [-0.25, -0.2) is 9.50 Å². The Kier molecular flexibility index (Phi) is 7.13. The van der Waals surface area contributed by atoms with Crippen molar-refractivity contribution in [1.82, 2.24) is 30.4 Å². The number of hydrogen-bond donors (Lipinski definition) is 2. The SMILES string of the molecule is CO[n+]1onc(C(=O)NCc2cn3ncc(CNC(=O)CCC(F)(F)F)cc3n2)c1C(C)C. The fourth-order valence-electron chi connectivity index (χ4n) is 2.97. The largest absolute Gasteiger partial charge is 0.389 e. The summed E-state index contributed by atoms with van der Waals surface area (Å²) in [6.07, 6.45) is -3.11. The summed E-state index contributed by atoms with van der Waals surface area (Å²) < 4.78 is 43.0. The van der Waals surface area contributed by atoms with Gasteiger partial charge in [0.1, 0.15) is 12.0 Å². The highest BCUT2D eigenvalue weighted by atomic mass is 19.4. The van der Waals surface area contributed by atoms with Gasteiger partial charge in [0, 0.05) is 18.9 Å². The normalized spacial score (nSPS) is 11.7. The number of aromatic nitrogens is 5. The van der Waals surface area contributed by atoms with Crippen LogP contribution in [0.5, 0.6) is 0 Å². The molecule has 178 valence electrons. The lowest BCUT2D eigenvalue weighted by atomic mass is 10.1. The van der Waals surface area contributed by atoms with E-state index in [1.165, 1.54) is 17.8 Å². The van der Waals surface area contributed by atoms with E-state index >= 15 is 0 Å². The number of carbonyl (C=O) groups excluding carboxylic acids is 2. The zero-order valence-corrected chi connectivity index (χ0v) is 18.1. The van der Waals surface area contributed by atoms with E-state index in [1.54, 1.807) is 12.3 Å². The van der Waals surface area contributed by atoms with Crippen molar-refractivity contribution in [3.63, 3.8) is 0 Å². The van der Waals surface area contributed by atoms with Crippen molar-refractivity contribution in [3.05, 3.63) is 41.1 Å². The highest BCUT2D eigenvalue weighted by Crippen LogP contribution is 2.21. The number of imidazole rings is 1. The first-order valence-electron chi connectivity index (χ1n) is 9.98. The monoisotopic (exact) mass is 470 g/mol. The minimum Gasteiger partial charge on any atom is -0.352 e. The number of nitrogens with one attached hydrogen (secondary N) is 2. The van der Waals surface area contributed by atoms with Crippen molar-refractivity contribution in [1.29, 1.82) is 0 Å². The molecule has 0 spiro atoms. The number of rotatable bonds is 9. The summed E-state index contributed by atoms with van der Waals surface area (Å²) in [5, 5.41) is 13.0. The Bertz CT molecular complexity index is 1140. The van der Waals surface area contributed by atoms with Crippen LogP contribution in [0.15, 0.2) is 23.1 Å². The van der Waals surface area contributed by atoms with Crippen LogP contribution in [-0.4, -0.2) is 44.9 Å². The molecule has 0 fully saturated rings. The Labute approximate surface area is 185 Å². The van der Waals surface area contributed by atoms with Crippen LogP contribution in [0.3, 0.4) is 0 Å². The fourth-order valence-corrected chi connectivity index (χ4v) is 2.97. The van der Waals surface area contributed by atoms with Gasteiger partial charge in [0.15, 0.2) is 10.8 Å². The quantitative estimate of drug-likeness (QED) is 0.479. The van der Waals surface area contributed by atoms with Gasteiger partial charge in [-0.05, 0) is 16.3 Å². The molecule has 0 unspecified atom stereocenters. The number of alkyl halides is 3. The van der Waals surface area contributed by atoms with Crippen LogP contribution < -0.4 is 20.4 Å². The third-order valence-electron chi connectivity index (χ3n) is 4.56. The van der Waals surface area contributed by atoms with Gasteiger partial charge >= 0.3 is 17.8 Å². The molecule has 0 aromatic carbocycles. The molecule has 14 heteroatoms. The lowest BCUT2D eigenvalue weighted by molar-refractivity contribution is -1.02. The first kappa shape index (κ1) is 23.9. The Morgan fingerprint density at radius 1 is 1.27 bits per heavy atom. The summed E-state index contributed by atoms with van der Waals surface area (Å²) >= 11 is 0. The van der Waals surface area contributed by atoms with Crippen LogP contribution in [0.4, 0.5) is 13.2 Å². The molecule has 0 atom stereocenters. The summed E-state index contributed by atoms with van der Waals surface area (Å²) in [4.78, 5) is 34.6. The average Bonchev–Trinajstić information content (AvgIpc) is 3.37. The van der Waals surface area contributed by atoms with Gasteiger partial charge in [0.25, 0.3) is 5.69 Å². The van der Waals surface area contributed by atoms with Crippen LogP contribution in [0.1, 0.15) is 60.0 Å². The lowest BCUT2D eigenvalue weighted by Crippen LogP contribution is -2.43. The number of halogens is 3. The van der Waals surface area contributed by atoms with E-state index in [9.17, 15) is 22.8 Å². The van der Waals surface area contributed by atoms with Crippen LogP contribution in [0.2, 0.25) is 0 Å². The minimum absolute atomic E-state index is 0.0166. The van der Waals surface area contributed by atoms with E-state index in [1.807, 2.05) is 13.8 Å². The average molecular weight is 470 g/mol. The van der Waals surface area contributed by atoms with E-state index in [2.05, 4.69) is 25.9 Å². The van der Waals surface area contributed by atoms with Gasteiger partial charge in [-0.3, -0.25) is 9.59 Å². The molecule has 33 heavy (non-hydrogen) atoms. The second-order valence-corrected chi connectivity index (χ2v) is 7.47. The topological polar surface area (TPSA) is 128 Å². The Morgan fingerprint density at radius 2 is 2.03 bits per heavy atom. The van der Waals surface area contributed by atoms with Crippen molar-refractivity contribution in [2.45, 2.75) is 51.9 Å². The zero-order chi connectivity index (χ0) is 24.2. The summed E-state index contributed by atoms with van der Waals surface area (Å²) in [5.74, 6) is -1.25. The molecule has 0 radical (unpaired) electrons. The van der Waals surface area contributed by atoms with Gasteiger partial charge in [0.05, 0.1) is 31.1 Å². The third-order valence-corrected chi connectivity index (χ3v) is 4.56. The highest BCUT2D eigenvalue weighted by molar-refractivity contribution is 5.92. The molecule has 3 rings (SSSR count). The van der Waals surface area contributed by atoms with E-state index < -0.39 is 30.8 Å². The summed E-state index contributed by atoms with van der Waals surface area (Å²) in [6.45, 7) is 3.83. The number of carbonyl (C=O) groups is 2. The van der Waals surface area contributed by atoms with Crippen molar-refractivity contribution in [2.75, 3.05) is 7.11 Å². The maximum absolute atomic E-state index is 12.5. The van der Waals surface area contributed by atoms with Crippen LogP contribution >= 0.6 is 0 Å². The molecule has 2 amide bonds. The first-order chi connectivity index (χ1) is 15.6. The maximum atomic E-state index is 12.5. The predicted molar refractivity (Wildman–Crippen MR) is 105 cm³/mol. The molecule has 0 saturated heterocycles. The number of amides is 2. The van der Waals surface area contributed by atoms with Gasteiger partial charge in [0.2, 0.25) is 5.91 Å². The molecule has 0 aliphatic carbocycles. The van der Waals surface area contributed by atoms with Gasteiger partial charge in [-0.1, -0.05) is 13.8 Å². The zero-order valence-electron chi connectivity index (χ0n) is 18.1. The third kappa shape index (κ3) is 6.17. The molecule has 11 nitrogen and oxygen atoms in total. The van der Waals surface area contributed by atoms with Crippen LogP contribution in [0, 0.1) is 0 Å². The number of fused-ring (bicyclic) bond motifs is 1. The lowest BCUT2D eigenvalue weighted by Gasteiger charge is -2.07. The Morgan fingerprint density at radius 3 is 2.70 bits per heavy atom. The molecule has 2 N–H and O–H groups in total. The summed E-state index contributed by atoms with van der Waals surface area (Å²) in [6, 6.07) is 1.64. The fraction of sp³-hybridized carbons (Fsp3) is 0.474. The molecule has 3 heterocycles. The van der Waals surface area contributed by atoms with Gasteiger partial charge in [-0.2, -0.15) is 18.3 Å². The van der Waals surface area contributed by atoms with Crippen molar-refractivity contribution in [3.8, 4) is 0 Å². The molecular formula is C19H23F3N7O4+. The molecule has 0 bridgehead atoms. The van der Waals surface area contributed by atoms with Gasteiger partial charge < -0.3 is 15.5 Å². The molecule has 3 aromatic heterocycles. The van der Waals surface area contributed by atoms with E-state index in [0.29, 0.717) is 22.6 Å². The second-order valence-electron chi connectivity index (χ2n) is 7.47. The summed E-state index contributed by atoms with van der Waals surface area (Å²) in [7, 11) is 1.39. The van der Waals surface area contributed by atoms with E-state index in [4.69, 9.17) is 9.47 Å². The second kappa shape index (κ2) is 9.83. The molecular weight excluding hydrogens is 447 g/mol. The van der Waals surface area contributed by atoms with Crippen LogP contribution in [-0.2, 0) is 17.9 Å². The highest BCUT2D eigenvalue weighted by Gasteiger charge is 2.34. The standard InChI is InChI=1S/C19H22F3N7O4/c1-11(2)17-16(27-33-29(17)32-3)18(31)24-9-13-10-28-14(26-13)6-12(8-25-28)7-23-15(30)4-5-19(20,21)22/h6,8,10-11H,4-5,7,9H2,1-3H3,(H-,23,24,30,31)/p+1. The Balaban J connectivity index is 1.60. The molecule has 0 aliphatic heterocycles. The number of hydrogen-bond acceptors (Lipinski definition) is 7. The predicted octanol–water partition coefficient (Wildman–Crippen LogP) is 1.08. The Hall–Kier alpha value is -3.71. The number of nitrogens with zero attached hydrogens (tertiary/aromatic N) is 5. The van der Waals surface area contributed by atoms with E-state index in [-0.39, 0.29) is 24.7 Å².